The van der Waals surface area contributed by atoms with Crippen molar-refractivity contribution in [2.24, 2.45) is 22.7 Å². The average molecular weight is 579 g/mol. The van der Waals surface area contributed by atoms with Crippen LogP contribution in [0.1, 0.15) is 102 Å². The molecule has 1 aromatic rings. The first-order valence-electron chi connectivity index (χ1n) is 14.5. The Balaban J connectivity index is 2.06. The summed E-state index contributed by atoms with van der Waals surface area (Å²) in [5.41, 5.74) is -7.15. The van der Waals surface area contributed by atoms with Crippen molar-refractivity contribution in [1.82, 2.24) is 0 Å². The molecule has 0 heterocycles. The molecule has 4 rings (SSSR count). The first-order chi connectivity index (χ1) is 19.3. The molecule has 226 valence electrons. The highest BCUT2D eigenvalue weighted by atomic mass is 16.4. The zero-order chi connectivity index (χ0) is 31.9. The van der Waals surface area contributed by atoms with Crippen molar-refractivity contribution < 1.29 is 39.9 Å². The van der Waals surface area contributed by atoms with Crippen LogP contribution in [-0.2, 0) is 15.0 Å². The second-order valence-electron chi connectivity index (χ2n) is 13.7. The van der Waals surface area contributed by atoms with Gasteiger partial charge in [-0.3, -0.25) is 14.4 Å². The van der Waals surface area contributed by atoms with Gasteiger partial charge in [-0.2, -0.15) is 0 Å². The molecular weight excluding hydrogens is 536 g/mol. The maximum absolute atomic E-state index is 14.4. The van der Waals surface area contributed by atoms with E-state index in [0.717, 1.165) is 6.92 Å². The number of hydrogen-bond donors (Lipinski definition) is 5. The number of benzene rings is 1. The Bertz CT molecular complexity index is 1500. The zero-order valence-corrected chi connectivity index (χ0v) is 25.6. The van der Waals surface area contributed by atoms with Crippen molar-refractivity contribution in [3.8, 4) is 18.1 Å². The highest BCUT2D eigenvalue weighted by Gasteiger charge is 2.76. The van der Waals surface area contributed by atoms with Crippen LogP contribution in [0.3, 0.4) is 0 Å². The minimum Gasteiger partial charge on any atom is -0.511 e. The summed E-state index contributed by atoms with van der Waals surface area (Å²) < 4.78 is 0. The normalized spacial score (nSPS) is 32.9. The number of ketones is 3. The molecule has 0 bridgehead atoms. The summed E-state index contributed by atoms with van der Waals surface area (Å²) in [6.07, 6.45) is 5.64. The van der Waals surface area contributed by atoms with E-state index in [-0.39, 0.29) is 11.3 Å². The molecule has 1 unspecified atom stereocenters. The Morgan fingerprint density at radius 3 is 2.26 bits per heavy atom. The Labute approximate surface area is 247 Å². The fraction of sp³-hybridized carbons (Fsp3) is 0.559. The van der Waals surface area contributed by atoms with E-state index in [1.807, 2.05) is 13.8 Å². The standard InChI is InChI=1S/C34H42O8/c1-10-11-12-15-31(6,7)20-14-13-19-17(4)32(8)24(27(38)22(19)25(20)36)29(40)34(42)28(39)21(18(5)35)26(37)23(16(2)3)33(34,9)30(32)41/h1,13-14,16-17,23,30,36-37,40-42H,11-12,15H2,2-9H3/t17-,23?,30-,32+,33+,34+/m1/s1. The predicted molar refractivity (Wildman–Crippen MR) is 157 cm³/mol. The minimum atomic E-state index is -2.90. The van der Waals surface area contributed by atoms with Crippen LogP contribution in [0, 0.1) is 35.0 Å². The van der Waals surface area contributed by atoms with Gasteiger partial charge in [-0.1, -0.05) is 60.6 Å². The molecule has 8 nitrogen and oxygen atoms in total. The van der Waals surface area contributed by atoms with Gasteiger partial charge in [0.1, 0.15) is 22.8 Å². The highest BCUT2D eigenvalue weighted by Crippen LogP contribution is 2.67. The van der Waals surface area contributed by atoms with Crippen molar-refractivity contribution >= 4 is 17.3 Å². The number of fused-ring (bicyclic) bond motifs is 3. The molecule has 8 heteroatoms. The molecule has 6 atom stereocenters. The van der Waals surface area contributed by atoms with Crippen LogP contribution < -0.4 is 0 Å². The van der Waals surface area contributed by atoms with Gasteiger partial charge < -0.3 is 25.5 Å². The third kappa shape index (κ3) is 3.66. The van der Waals surface area contributed by atoms with Crippen LogP contribution in [0.4, 0.5) is 0 Å². The minimum absolute atomic E-state index is 0.0719. The maximum atomic E-state index is 14.4. The van der Waals surface area contributed by atoms with Gasteiger partial charge >= 0.3 is 0 Å². The van der Waals surface area contributed by atoms with E-state index in [0.29, 0.717) is 30.4 Å². The Morgan fingerprint density at radius 2 is 1.74 bits per heavy atom. The first kappa shape index (κ1) is 31.5. The topological polar surface area (TPSA) is 152 Å². The molecule has 1 aromatic carbocycles. The van der Waals surface area contributed by atoms with Gasteiger partial charge in [0.2, 0.25) is 5.78 Å². The quantitative estimate of drug-likeness (QED) is 0.180. The molecule has 3 aliphatic rings. The molecule has 0 fully saturated rings. The third-order valence-corrected chi connectivity index (χ3v) is 10.7. The van der Waals surface area contributed by atoms with Crippen LogP contribution in [0.2, 0.25) is 0 Å². The molecule has 0 radical (unpaired) electrons. The number of phenolic OH excluding ortho intramolecular Hbond substituents is 1. The molecular formula is C34H42O8. The summed E-state index contributed by atoms with van der Waals surface area (Å²) in [5, 5.41) is 59.2. The summed E-state index contributed by atoms with van der Waals surface area (Å²) in [5.74, 6) is -4.44. The first-order valence-corrected chi connectivity index (χ1v) is 14.5. The van der Waals surface area contributed by atoms with Crippen molar-refractivity contribution in [3.05, 3.63) is 51.5 Å². The van der Waals surface area contributed by atoms with Crippen molar-refractivity contribution in [3.63, 3.8) is 0 Å². The molecule has 3 aliphatic carbocycles. The number of aliphatic hydroxyl groups excluding tert-OH is 3. The summed E-state index contributed by atoms with van der Waals surface area (Å²) in [7, 11) is 0. The lowest BCUT2D eigenvalue weighted by Gasteiger charge is -2.63. The number of carbonyl (C=O) groups is 3. The molecule has 5 N–H and O–H groups in total. The van der Waals surface area contributed by atoms with E-state index in [9.17, 15) is 39.9 Å². The van der Waals surface area contributed by atoms with Gasteiger partial charge in [-0.25, -0.2) is 0 Å². The van der Waals surface area contributed by atoms with E-state index in [2.05, 4.69) is 5.92 Å². The van der Waals surface area contributed by atoms with Crippen LogP contribution >= 0.6 is 0 Å². The van der Waals surface area contributed by atoms with Crippen molar-refractivity contribution in [2.45, 2.75) is 97.7 Å². The second-order valence-corrected chi connectivity index (χ2v) is 13.7. The van der Waals surface area contributed by atoms with Crippen LogP contribution in [0.25, 0.3) is 0 Å². The molecule has 0 saturated heterocycles. The molecule has 0 saturated carbocycles. The zero-order valence-electron chi connectivity index (χ0n) is 25.6. The number of carbonyl (C=O) groups excluding carboxylic acids is 3. The van der Waals surface area contributed by atoms with Crippen molar-refractivity contribution in [1.29, 1.82) is 0 Å². The largest absolute Gasteiger partial charge is 0.511 e. The number of hydrogen-bond acceptors (Lipinski definition) is 8. The maximum Gasteiger partial charge on any atom is 0.209 e. The number of aromatic hydroxyl groups is 1. The molecule has 42 heavy (non-hydrogen) atoms. The Kier molecular flexibility index (Phi) is 7.37. The summed E-state index contributed by atoms with van der Waals surface area (Å²) in [6.45, 7) is 13.1. The number of phenols is 1. The second kappa shape index (κ2) is 9.82. The lowest BCUT2D eigenvalue weighted by molar-refractivity contribution is -0.211. The number of Topliss-reactive ketones (excluding diaryl/α,β-unsaturated/α-hetero) is 3. The Morgan fingerprint density at radius 1 is 1.14 bits per heavy atom. The fourth-order valence-electron chi connectivity index (χ4n) is 8.25. The van der Waals surface area contributed by atoms with Gasteiger partial charge in [0.05, 0.1) is 17.2 Å². The number of allylic oxidation sites excluding steroid dienone is 1. The number of aliphatic hydroxyl groups is 4. The fourth-order valence-corrected chi connectivity index (χ4v) is 8.25. The van der Waals surface area contributed by atoms with Gasteiger partial charge in [-0.15, -0.1) is 12.3 Å². The molecule has 0 aromatic heterocycles. The van der Waals surface area contributed by atoms with E-state index in [1.165, 1.54) is 6.92 Å². The van der Waals surface area contributed by atoms with Crippen LogP contribution in [0.15, 0.2) is 34.8 Å². The van der Waals surface area contributed by atoms with Gasteiger partial charge in [0.15, 0.2) is 17.2 Å². The lowest BCUT2D eigenvalue weighted by Crippen LogP contribution is -2.73. The number of rotatable bonds is 6. The SMILES string of the molecule is C#CCCCC(C)(C)c1ccc2c(c1O)C(=O)C1=C(O)[C@@]3(O)C(=O)C(C(C)=O)=C(O)C(C(C)C)[C@@]3(C)[C@H](O)[C@@]1(C)[C@@H]2C. The summed E-state index contributed by atoms with van der Waals surface area (Å²) in [4.78, 5) is 40.8. The molecule has 0 spiro atoms. The van der Waals surface area contributed by atoms with Crippen LogP contribution in [0.5, 0.6) is 5.75 Å². The smallest absolute Gasteiger partial charge is 0.209 e. The van der Waals surface area contributed by atoms with Crippen molar-refractivity contribution in [2.75, 3.05) is 0 Å². The molecule has 0 aliphatic heterocycles. The van der Waals surface area contributed by atoms with E-state index in [1.54, 1.807) is 39.8 Å². The summed E-state index contributed by atoms with van der Waals surface area (Å²) in [6, 6.07) is 3.50. The van der Waals surface area contributed by atoms with E-state index >= 15 is 0 Å². The number of terminal acetylenes is 1. The summed E-state index contributed by atoms with van der Waals surface area (Å²) >= 11 is 0. The van der Waals surface area contributed by atoms with Gasteiger partial charge in [-0.05, 0) is 42.6 Å². The monoisotopic (exact) mass is 578 g/mol. The average Bonchev–Trinajstić information content (AvgIpc) is 2.88. The van der Waals surface area contributed by atoms with E-state index < -0.39 is 85.7 Å². The van der Waals surface area contributed by atoms with Crippen LogP contribution in [-0.4, -0.2) is 54.6 Å². The highest BCUT2D eigenvalue weighted by molar-refractivity contribution is 6.25. The van der Waals surface area contributed by atoms with E-state index in [4.69, 9.17) is 6.42 Å². The lowest BCUT2D eigenvalue weighted by atomic mass is 9.41. The third-order valence-electron chi connectivity index (χ3n) is 10.7. The molecule has 0 amide bonds. The number of unbranched alkanes of at least 4 members (excludes halogenated alkanes) is 1. The predicted octanol–water partition coefficient (Wildman–Crippen LogP) is 4.96. The van der Waals surface area contributed by atoms with Gasteiger partial charge in [0.25, 0.3) is 0 Å². The Hall–Kier alpha value is -3.41. The van der Waals surface area contributed by atoms with Gasteiger partial charge in [0, 0.05) is 28.7 Å².